The van der Waals surface area contributed by atoms with Crippen molar-refractivity contribution in [3.05, 3.63) is 64.5 Å². The summed E-state index contributed by atoms with van der Waals surface area (Å²) in [4.78, 5) is 8.77. The van der Waals surface area contributed by atoms with Crippen LogP contribution in [0.4, 0.5) is 10.1 Å². The van der Waals surface area contributed by atoms with Crippen LogP contribution in [0.3, 0.4) is 0 Å². The Balaban J connectivity index is 1.72. The van der Waals surface area contributed by atoms with Crippen molar-refractivity contribution in [1.29, 1.82) is 0 Å². The van der Waals surface area contributed by atoms with Crippen molar-refractivity contribution in [1.82, 2.24) is 9.97 Å². The normalized spacial score (nSPS) is 10.6. The molecule has 0 unspecified atom stereocenters. The second-order valence-electron chi connectivity index (χ2n) is 4.34. The number of nitrogens with one attached hydrogen (secondary N) is 1. The third-order valence-electron chi connectivity index (χ3n) is 2.82. The van der Waals surface area contributed by atoms with Gasteiger partial charge in [0.05, 0.1) is 28.6 Å². The molecule has 0 fully saturated rings. The monoisotopic (exact) mass is 319 g/mol. The van der Waals surface area contributed by atoms with E-state index in [9.17, 15) is 4.39 Å². The summed E-state index contributed by atoms with van der Waals surface area (Å²) in [6.07, 6.45) is 1.74. The summed E-state index contributed by atoms with van der Waals surface area (Å²) in [5, 5.41) is 6.38. The van der Waals surface area contributed by atoms with Gasteiger partial charge < -0.3 is 5.32 Å². The molecular formula is C15H11ClFN3S. The number of anilines is 1. The third-order valence-corrected chi connectivity index (χ3v) is 4.07. The van der Waals surface area contributed by atoms with Crippen LogP contribution < -0.4 is 5.32 Å². The second kappa shape index (κ2) is 6.20. The Morgan fingerprint density at radius 1 is 1.24 bits per heavy atom. The zero-order valence-corrected chi connectivity index (χ0v) is 12.5. The van der Waals surface area contributed by atoms with Gasteiger partial charge in [-0.2, -0.15) is 0 Å². The Kier molecular flexibility index (Phi) is 4.13. The summed E-state index contributed by atoms with van der Waals surface area (Å²) in [5.74, 6) is -0.325. The number of nitrogens with zero attached hydrogens (tertiary/aromatic N) is 2. The molecule has 2 aromatic heterocycles. The molecule has 2 heterocycles. The number of benzene rings is 1. The minimum absolute atomic E-state index is 0.325. The number of pyridine rings is 1. The molecule has 3 aromatic rings. The predicted octanol–water partition coefficient (Wildman–Crippen LogP) is 4.61. The summed E-state index contributed by atoms with van der Waals surface area (Å²) in [7, 11) is 0. The Labute approximate surface area is 130 Å². The first-order chi connectivity index (χ1) is 10.2. The number of thiazole rings is 1. The van der Waals surface area contributed by atoms with Crippen molar-refractivity contribution in [2.45, 2.75) is 6.54 Å². The van der Waals surface area contributed by atoms with Crippen LogP contribution in [-0.2, 0) is 6.54 Å². The lowest BCUT2D eigenvalue weighted by Gasteiger charge is -2.06. The lowest BCUT2D eigenvalue weighted by molar-refractivity contribution is 0.628. The minimum Gasteiger partial charge on any atom is -0.378 e. The fourth-order valence-corrected chi connectivity index (χ4v) is 2.79. The molecule has 0 bridgehead atoms. The second-order valence-corrected chi connectivity index (χ2v) is 5.60. The van der Waals surface area contributed by atoms with Gasteiger partial charge in [-0.05, 0) is 30.3 Å². The van der Waals surface area contributed by atoms with Crippen LogP contribution in [0.2, 0.25) is 5.02 Å². The predicted molar refractivity (Wildman–Crippen MR) is 84.1 cm³/mol. The molecule has 0 atom stereocenters. The van der Waals surface area contributed by atoms with Crippen molar-refractivity contribution < 1.29 is 4.39 Å². The van der Waals surface area contributed by atoms with Gasteiger partial charge in [-0.25, -0.2) is 9.37 Å². The van der Waals surface area contributed by atoms with Crippen molar-refractivity contribution >= 4 is 28.6 Å². The smallest absolute Gasteiger partial charge is 0.142 e. The van der Waals surface area contributed by atoms with E-state index in [1.165, 1.54) is 29.5 Å². The average molecular weight is 320 g/mol. The molecular weight excluding hydrogens is 309 g/mol. The average Bonchev–Trinajstić information content (AvgIpc) is 2.98. The SMILES string of the molecule is Fc1ccc(Cl)c(NCc2csc(-c3ccccn3)n2)c1. The van der Waals surface area contributed by atoms with E-state index >= 15 is 0 Å². The van der Waals surface area contributed by atoms with Gasteiger partial charge >= 0.3 is 0 Å². The van der Waals surface area contributed by atoms with Gasteiger partial charge in [-0.15, -0.1) is 11.3 Å². The van der Waals surface area contributed by atoms with Crippen molar-refractivity contribution in [2.24, 2.45) is 0 Å². The van der Waals surface area contributed by atoms with Crippen LogP contribution in [0.15, 0.2) is 48.0 Å². The van der Waals surface area contributed by atoms with Crippen molar-refractivity contribution in [2.75, 3.05) is 5.32 Å². The van der Waals surface area contributed by atoms with Gasteiger partial charge in [-0.3, -0.25) is 4.98 Å². The maximum atomic E-state index is 13.2. The first-order valence-electron chi connectivity index (χ1n) is 6.27. The minimum atomic E-state index is -0.325. The highest BCUT2D eigenvalue weighted by Crippen LogP contribution is 2.25. The summed E-state index contributed by atoms with van der Waals surface area (Å²) >= 11 is 7.53. The van der Waals surface area contributed by atoms with Crippen LogP contribution in [0.5, 0.6) is 0 Å². The molecule has 21 heavy (non-hydrogen) atoms. The van der Waals surface area contributed by atoms with Gasteiger partial charge in [0, 0.05) is 11.6 Å². The molecule has 3 nitrogen and oxygen atoms in total. The van der Waals surface area contributed by atoms with Crippen molar-refractivity contribution in [3.63, 3.8) is 0 Å². The molecule has 0 saturated carbocycles. The van der Waals surface area contributed by atoms with E-state index in [1.807, 2.05) is 23.6 Å². The van der Waals surface area contributed by atoms with Crippen LogP contribution in [0.1, 0.15) is 5.69 Å². The van der Waals surface area contributed by atoms with E-state index in [2.05, 4.69) is 15.3 Å². The van der Waals surface area contributed by atoms with Crippen molar-refractivity contribution in [3.8, 4) is 10.7 Å². The number of hydrogen-bond donors (Lipinski definition) is 1. The molecule has 6 heteroatoms. The van der Waals surface area contributed by atoms with Crippen LogP contribution in [-0.4, -0.2) is 9.97 Å². The van der Waals surface area contributed by atoms with E-state index < -0.39 is 0 Å². The van der Waals surface area contributed by atoms with Gasteiger partial charge in [0.1, 0.15) is 10.8 Å². The van der Waals surface area contributed by atoms with Gasteiger partial charge in [0.2, 0.25) is 0 Å². The van der Waals surface area contributed by atoms with E-state index in [1.54, 1.807) is 6.20 Å². The highest BCUT2D eigenvalue weighted by molar-refractivity contribution is 7.13. The Morgan fingerprint density at radius 3 is 2.95 bits per heavy atom. The molecule has 1 aromatic carbocycles. The molecule has 0 spiro atoms. The summed E-state index contributed by atoms with van der Waals surface area (Å²) in [5.41, 5.74) is 2.27. The van der Waals surface area contributed by atoms with E-state index in [0.29, 0.717) is 17.3 Å². The molecule has 0 saturated heterocycles. The van der Waals surface area contributed by atoms with Crippen LogP contribution in [0, 0.1) is 5.82 Å². The molecule has 0 radical (unpaired) electrons. The Morgan fingerprint density at radius 2 is 2.14 bits per heavy atom. The Bertz CT molecular complexity index is 746. The number of hydrogen-bond acceptors (Lipinski definition) is 4. The maximum Gasteiger partial charge on any atom is 0.142 e. The zero-order chi connectivity index (χ0) is 14.7. The first-order valence-corrected chi connectivity index (χ1v) is 7.53. The van der Waals surface area contributed by atoms with E-state index in [-0.39, 0.29) is 5.82 Å². The van der Waals surface area contributed by atoms with Gasteiger partial charge in [0.25, 0.3) is 0 Å². The highest BCUT2D eigenvalue weighted by Gasteiger charge is 2.07. The molecule has 0 aliphatic heterocycles. The molecule has 106 valence electrons. The molecule has 0 aliphatic rings. The van der Waals surface area contributed by atoms with Gasteiger partial charge in [-0.1, -0.05) is 17.7 Å². The van der Waals surface area contributed by atoms with Gasteiger partial charge in [0.15, 0.2) is 0 Å². The van der Waals surface area contributed by atoms with Crippen LogP contribution >= 0.6 is 22.9 Å². The number of aromatic nitrogens is 2. The molecule has 0 amide bonds. The molecule has 3 rings (SSSR count). The number of halogens is 2. The summed E-state index contributed by atoms with van der Waals surface area (Å²) < 4.78 is 13.2. The molecule has 0 aliphatic carbocycles. The largest absolute Gasteiger partial charge is 0.378 e. The maximum absolute atomic E-state index is 13.2. The standard InChI is InChI=1S/C15H11ClFN3S/c16-12-5-4-10(17)7-14(12)19-8-11-9-21-15(20-11)13-3-1-2-6-18-13/h1-7,9,19H,8H2. The lowest BCUT2D eigenvalue weighted by atomic mass is 10.3. The van der Waals surface area contributed by atoms with E-state index in [4.69, 9.17) is 11.6 Å². The zero-order valence-electron chi connectivity index (χ0n) is 10.9. The van der Waals surface area contributed by atoms with E-state index in [0.717, 1.165) is 16.4 Å². The fraction of sp³-hybridized carbons (Fsp3) is 0.0667. The summed E-state index contributed by atoms with van der Waals surface area (Å²) in [6.45, 7) is 0.479. The Hall–Kier alpha value is -1.98. The highest BCUT2D eigenvalue weighted by atomic mass is 35.5. The quantitative estimate of drug-likeness (QED) is 0.763. The third kappa shape index (κ3) is 3.37. The molecule has 1 N–H and O–H groups in total. The fourth-order valence-electron chi connectivity index (χ4n) is 1.81. The lowest BCUT2D eigenvalue weighted by Crippen LogP contribution is -2.00. The first kappa shape index (κ1) is 14.0. The van der Waals surface area contributed by atoms with Crippen LogP contribution in [0.25, 0.3) is 10.7 Å². The number of rotatable bonds is 4. The topological polar surface area (TPSA) is 37.8 Å². The summed E-state index contributed by atoms with van der Waals surface area (Å²) in [6, 6.07) is 9.93.